The Balaban J connectivity index is 1.32. The monoisotopic (exact) mass is 490 g/mol. The van der Waals surface area contributed by atoms with Gasteiger partial charge in [-0.3, -0.25) is 4.90 Å². The molecule has 0 spiro atoms. The van der Waals surface area contributed by atoms with E-state index >= 15 is 0 Å². The molecule has 1 N–H and O–H groups in total. The Labute approximate surface area is 216 Å². The van der Waals surface area contributed by atoms with Crippen molar-refractivity contribution in [2.24, 2.45) is 5.92 Å². The smallest absolute Gasteiger partial charge is 0.141 e. The molecule has 2 aliphatic rings. The van der Waals surface area contributed by atoms with E-state index in [4.69, 9.17) is 14.5 Å². The molecule has 6 heteroatoms. The summed E-state index contributed by atoms with van der Waals surface area (Å²) in [6, 6.07) is 14.8. The van der Waals surface area contributed by atoms with Gasteiger partial charge in [0.25, 0.3) is 0 Å². The second kappa shape index (κ2) is 12.6. The molecule has 0 radical (unpaired) electrons. The van der Waals surface area contributed by atoms with E-state index in [1.165, 1.54) is 32.1 Å². The molecule has 194 valence electrons. The fraction of sp³-hybridized carbons (Fsp3) is 0.567. The maximum absolute atomic E-state index is 6.25. The number of hydrogen-bond acceptors (Lipinski definition) is 5. The number of nitrogens with zero attached hydrogens (tertiary/aromatic N) is 3. The van der Waals surface area contributed by atoms with Crippen molar-refractivity contribution in [3.05, 3.63) is 42.5 Å². The van der Waals surface area contributed by atoms with Gasteiger partial charge < -0.3 is 19.4 Å². The fourth-order valence-corrected chi connectivity index (χ4v) is 5.48. The van der Waals surface area contributed by atoms with E-state index < -0.39 is 0 Å². The normalized spacial score (nSPS) is 17.5. The van der Waals surface area contributed by atoms with Crippen molar-refractivity contribution in [2.75, 3.05) is 45.9 Å². The van der Waals surface area contributed by atoms with Gasteiger partial charge in [-0.2, -0.15) is 0 Å². The first kappa shape index (κ1) is 25.1. The molecule has 36 heavy (non-hydrogen) atoms. The van der Waals surface area contributed by atoms with E-state index in [1.54, 1.807) is 0 Å². The van der Waals surface area contributed by atoms with Crippen molar-refractivity contribution in [1.82, 2.24) is 19.8 Å². The fourth-order valence-electron chi connectivity index (χ4n) is 5.48. The number of fused-ring (bicyclic) bond motifs is 1. The summed E-state index contributed by atoms with van der Waals surface area (Å²) in [6.07, 6.45) is 8.92. The highest BCUT2D eigenvalue weighted by molar-refractivity contribution is 5.82. The number of hydrogen-bond donors (Lipinski definition) is 1. The Hall–Kier alpha value is -2.57. The number of aryl methyl sites for hydroxylation is 1. The van der Waals surface area contributed by atoms with Gasteiger partial charge in [-0.05, 0) is 49.4 Å². The van der Waals surface area contributed by atoms with Crippen molar-refractivity contribution in [2.45, 2.75) is 58.4 Å². The van der Waals surface area contributed by atoms with Crippen LogP contribution in [0.15, 0.2) is 42.5 Å². The molecular formula is C30H42N4O2. The second-order valence-corrected chi connectivity index (χ2v) is 10.4. The van der Waals surface area contributed by atoms with Gasteiger partial charge in [0.1, 0.15) is 23.9 Å². The molecule has 5 rings (SSSR count). The molecule has 1 aliphatic carbocycles. The number of benzene rings is 2. The lowest BCUT2D eigenvalue weighted by molar-refractivity contribution is 0.191. The minimum atomic E-state index is 0.696. The number of ether oxygens (including phenoxy) is 2. The molecule has 3 aromatic rings. The predicted octanol–water partition coefficient (Wildman–Crippen LogP) is 5.75. The topological polar surface area (TPSA) is 51.6 Å². The quantitative estimate of drug-likeness (QED) is 0.371. The SMILES string of the molecule is CCCCn1c(-c2cccc(OCC3CCCCC3)c2)nc2ccc(OCCN3CCNCC3)cc21. The highest BCUT2D eigenvalue weighted by Gasteiger charge is 2.17. The van der Waals surface area contributed by atoms with Gasteiger partial charge in [0.2, 0.25) is 0 Å². The summed E-state index contributed by atoms with van der Waals surface area (Å²) in [5, 5.41) is 3.41. The molecule has 1 saturated carbocycles. The molecule has 2 heterocycles. The van der Waals surface area contributed by atoms with Crippen molar-refractivity contribution in [3.63, 3.8) is 0 Å². The van der Waals surface area contributed by atoms with Crippen LogP contribution < -0.4 is 14.8 Å². The lowest BCUT2D eigenvalue weighted by atomic mass is 9.90. The van der Waals surface area contributed by atoms with Crippen LogP contribution in [0.3, 0.4) is 0 Å². The van der Waals surface area contributed by atoms with Crippen LogP contribution in [0.5, 0.6) is 11.5 Å². The molecule has 1 aromatic heterocycles. The van der Waals surface area contributed by atoms with E-state index in [-0.39, 0.29) is 0 Å². The van der Waals surface area contributed by atoms with Crippen LogP contribution in [0.4, 0.5) is 0 Å². The summed E-state index contributed by atoms with van der Waals surface area (Å²) < 4.78 is 14.8. The van der Waals surface area contributed by atoms with E-state index in [1.807, 2.05) is 0 Å². The van der Waals surface area contributed by atoms with Crippen LogP contribution in [0.1, 0.15) is 51.9 Å². The molecule has 1 saturated heterocycles. The van der Waals surface area contributed by atoms with Gasteiger partial charge >= 0.3 is 0 Å². The maximum Gasteiger partial charge on any atom is 0.141 e. The first-order valence-electron chi connectivity index (χ1n) is 14.1. The largest absolute Gasteiger partial charge is 0.493 e. The summed E-state index contributed by atoms with van der Waals surface area (Å²) >= 11 is 0. The maximum atomic E-state index is 6.25. The van der Waals surface area contributed by atoms with Crippen molar-refractivity contribution in [3.8, 4) is 22.9 Å². The summed E-state index contributed by atoms with van der Waals surface area (Å²) in [5.74, 6) is 3.58. The zero-order valence-electron chi connectivity index (χ0n) is 21.9. The van der Waals surface area contributed by atoms with E-state index in [0.29, 0.717) is 12.5 Å². The van der Waals surface area contributed by atoms with Crippen molar-refractivity contribution < 1.29 is 9.47 Å². The molecule has 0 bridgehead atoms. The molecule has 0 atom stereocenters. The number of nitrogens with one attached hydrogen (secondary N) is 1. The van der Waals surface area contributed by atoms with Crippen LogP contribution in [-0.4, -0.2) is 60.4 Å². The third-order valence-corrected chi connectivity index (χ3v) is 7.64. The lowest BCUT2D eigenvalue weighted by Gasteiger charge is -2.26. The zero-order valence-corrected chi connectivity index (χ0v) is 21.9. The third kappa shape index (κ3) is 6.40. The number of rotatable bonds is 11. The standard InChI is InChI=1S/C30H42N4O2/c1-2-3-16-34-29-22-27(35-20-19-33-17-14-31-15-18-33)12-13-28(29)32-30(34)25-10-7-11-26(21-25)36-23-24-8-5-4-6-9-24/h7,10-13,21-22,24,31H,2-6,8-9,14-20,23H2,1H3. The number of piperazine rings is 1. The summed E-state index contributed by atoms with van der Waals surface area (Å²) in [5.41, 5.74) is 3.28. The minimum absolute atomic E-state index is 0.696. The summed E-state index contributed by atoms with van der Waals surface area (Å²) in [4.78, 5) is 7.52. The Morgan fingerprint density at radius 2 is 1.78 bits per heavy atom. The van der Waals surface area contributed by atoms with Crippen LogP contribution in [0.25, 0.3) is 22.4 Å². The van der Waals surface area contributed by atoms with E-state index in [0.717, 1.165) is 92.6 Å². The van der Waals surface area contributed by atoms with Crippen LogP contribution in [0.2, 0.25) is 0 Å². The molecule has 0 amide bonds. The Bertz CT molecular complexity index is 1100. The van der Waals surface area contributed by atoms with Gasteiger partial charge in [0, 0.05) is 50.9 Å². The first-order valence-corrected chi connectivity index (χ1v) is 14.1. The highest BCUT2D eigenvalue weighted by Crippen LogP contribution is 2.31. The average Bonchev–Trinajstić information content (AvgIpc) is 3.30. The van der Waals surface area contributed by atoms with Crippen molar-refractivity contribution in [1.29, 1.82) is 0 Å². The minimum Gasteiger partial charge on any atom is -0.493 e. The molecule has 6 nitrogen and oxygen atoms in total. The van der Waals surface area contributed by atoms with Crippen LogP contribution in [0, 0.1) is 5.92 Å². The number of aromatic nitrogens is 2. The van der Waals surface area contributed by atoms with Gasteiger partial charge in [0.05, 0.1) is 17.6 Å². The first-order chi connectivity index (χ1) is 17.8. The van der Waals surface area contributed by atoms with Crippen LogP contribution >= 0.6 is 0 Å². The average molecular weight is 491 g/mol. The molecule has 2 aromatic carbocycles. The van der Waals surface area contributed by atoms with Gasteiger partial charge in [-0.1, -0.05) is 44.7 Å². The Kier molecular flexibility index (Phi) is 8.78. The van der Waals surface area contributed by atoms with Gasteiger partial charge in [-0.15, -0.1) is 0 Å². The summed E-state index contributed by atoms with van der Waals surface area (Å²) in [7, 11) is 0. The molecule has 1 aliphatic heterocycles. The number of imidazole rings is 1. The van der Waals surface area contributed by atoms with Gasteiger partial charge in [-0.25, -0.2) is 4.98 Å². The predicted molar refractivity (Wildman–Crippen MR) is 147 cm³/mol. The van der Waals surface area contributed by atoms with Crippen molar-refractivity contribution >= 4 is 11.0 Å². The third-order valence-electron chi connectivity index (χ3n) is 7.64. The lowest BCUT2D eigenvalue weighted by Crippen LogP contribution is -2.44. The Morgan fingerprint density at radius 3 is 2.61 bits per heavy atom. The zero-order chi connectivity index (χ0) is 24.6. The molecule has 2 fully saturated rings. The van der Waals surface area contributed by atoms with E-state index in [9.17, 15) is 0 Å². The Morgan fingerprint density at radius 1 is 0.944 bits per heavy atom. The van der Waals surface area contributed by atoms with Gasteiger partial charge in [0.15, 0.2) is 0 Å². The highest BCUT2D eigenvalue weighted by atomic mass is 16.5. The summed E-state index contributed by atoms with van der Waals surface area (Å²) in [6.45, 7) is 10.0. The van der Waals surface area contributed by atoms with E-state index in [2.05, 4.69) is 64.2 Å². The molecular weight excluding hydrogens is 448 g/mol. The second-order valence-electron chi connectivity index (χ2n) is 10.4. The number of unbranched alkanes of at least 4 members (excludes halogenated alkanes) is 1. The molecule has 0 unspecified atom stereocenters. The van der Waals surface area contributed by atoms with Crippen LogP contribution in [-0.2, 0) is 6.54 Å².